The van der Waals surface area contributed by atoms with Crippen LogP contribution in [-0.4, -0.2) is 12.5 Å². The minimum absolute atomic E-state index is 0.636. The molecule has 0 aliphatic rings. The minimum Gasteiger partial charge on any atom is -0.494 e. The van der Waals surface area contributed by atoms with Gasteiger partial charge in [0, 0.05) is 5.88 Å². The topological polar surface area (TPSA) is 9.23 Å². The van der Waals surface area contributed by atoms with E-state index in [1.807, 2.05) is 12.1 Å². The van der Waals surface area contributed by atoms with Crippen molar-refractivity contribution in [1.82, 2.24) is 0 Å². The van der Waals surface area contributed by atoms with Gasteiger partial charge in [-0.3, -0.25) is 0 Å². The normalized spacial score (nSPS) is 10.3. The highest BCUT2D eigenvalue weighted by molar-refractivity contribution is 6.17. The molecule has 0 bridgehead atoms. The molecule has 2 aromatic rings. The molecule has 0 amide bonds. The molecule has 0 saturated carbocycles. The molecule has 0 aromatic heterocycles. The monoisotopic (exact) mass is 260 g/mol. The molecule has 0 aliphatic carbocycles. The third kappa shape index (κ3) is 3.51. The van der Waals surface area contributed by atoms with Crippen LogP contribution >= 0.6 is 11.6 Å². The van der Waals surface area contributed by atoms with E-state index in [4.69, 9.17) is 16.3 Å². The van der Waals surface area contributed by atoms with Crippen LogP contribution in [0.4, 0.5) is 0 Å². The molecule has 0 heterocycles. The van der Waals surface area contributed by atoms with Gasteiger partial charge in [0.25, 0.3) is 0 Å². The van der Waals surface area contributed by atoms with Gasteiger partial charge in [0.1, 0.15) is 5.75 Å². The van der Waals surface area contributed by atoms with Gasteiger partial charge in [-0.1, -0.05) is 42.0 Å². The van der Waals surface area contributed by atoms with Crippen LogP contribution in [0.1, 0.15) is 12.0 Å². The summed E-state index contributed by atoms with van der Waals surface area (Å²) >= 11 is 5.63. The Hall–Kier alpha value is -1.47. The van der Waals surface area contributed by atoms with Crippen molar-refractivity contribution in [1.29, 1.82) is 0 Å². The van der Waals surface area contributed by atoms with E-state index in [9.17, 15) is 0 Å². The van der Waals surface area contributed by atoms with E-state index in [1.165, 1.54) is 16.7 Å². The maximum absolute atomic E-state index is 5.65. The number of benzene rings is 2. The molecule has 0 fully saturated rings. The van der Waals surface area contributed by atoms with Crippen molar-refractivity contribution in [2.45, 2.75) is 13.3 Å². The minimum atomic E-state index is 0.636. The predicted molar refractivity (Wildman–Crippen MR) is 77.4 cm³/mol. The summed E-state index contributed by atoms with van der Waals surface area (Å²) in [5.74, 6) is 1.54. The van der Waals surface area contributed by atoms with Crippen molar-refractivity contribution in [3.8, 4) is 16.9 Å². The van der Waals surface area contributed by atoms with Gasteiger partial charge in [-0.05, 0) is 36.6 Å². The second-order valence-electron chi connectivity index (χ2n) is 4.29. The molecule has 0 N–H and O–H groups in total. The fourth-order valence-electron chi connectivity index (χ4n) is 1.83. The van der Waals surface area contributed by atoms with Crippen LogP contribution in [0.2, 0.25) is 0 Å². The van der Waals surface area contributed by atoms with Crippen molar-refractivity contribution in [3.63, 3.8) is 0 Å². The van der Waals surface area contributed by atoms with Crippen LogP contribution in [0.5, 0.6) is 5.75 Å². The Morgan fingerprint density at radius 2 is 1.72 bits per heavy atom. The average molecular weight is 261 g/mol. The summed E-state index contributed by atoms with van der Waals surface area (Å²) in [6.07, 6.45) is 0.871. The zero-order valence-corrected chi connectivity index (χ0v) is 11.3. The van der Waals surface area contributed by atoms with Crippen LogP contribution in [0.3, 0.4) is 0 Å². The molecule has 0 radical (unpaired) electrons. The Morgan fingerprint density at radius 1 is 1.00 bits per heavy atom. The van der Waals surface area contributed by atoms with E-state index in [-0.39, 0.29) is 0 Å². The average Bonchev–Trinajstić information content (AvgIpc) is 2.39. The Bertz CT molecular complexity index is 508. The van der Waals surface area contributed by atoms with Crippen LogP contribution < -0.4 is 4.74 Å². The Balaban J connectivity index is 2.16. The number of halogens is 1. The first-order valence-corrected chi connectivity index (χ1v) is 6.69. The first kappa shape index (κ1) is 13.0. The summed E-state index contributed by atoms with van der Waals surface area (Å²) < 4.78 is 5.65. The molecule has 2 rings (SSSR count). The zero-order chi connectivity index (χ0) is 12.8. The summed E-state index contributed by atoms with van der Waals surface area (Å²) in [5, 5.41) is 0. The van der Waals surface area contributed by atoms with Crippen molar-refractivity contribution in [3.05, 3.63) is 54.1 Å². The SMILES string of the molecule is Cc1cccc(-c2cccc(OCCCCl)c2)c1. The maximum Gasteiger partial charge on any atom is 0.119 e. The second kappa shape index (κ2) is 6.46. The van der Waals surface area contributed by atoms with E-state index >= 15 is 0 Å². The number of hydrogen-bond acceptors (Lipinski definition) is 1. The second-order valence-corrected chi connectivity index (χ2v) is 4.67. The third-order valence-corrected chi connectivity index (χ3v) is 3.00. The van der Waals surface area contributed by atoms with Gasteiger partial charge >= 0.3 is 0 Å². The van der Waals surface area contributed by atoms with Gasteiger partial charge < -0.3 is 4.74 Å². The highest BCUT2D eigenvalue weighted by Crippen LogP contribution is 2.24. The van der Waals surface area contributed by atoms with Crippen molar-refractivity contribution in [2.24, 2.45) is 0 Å². The summed E-state index contributed by atoms with van der Waals surface area (Å²) in [4.78, 5) is 0. The lowest BCUT2D eigenvalue weighted by atomic mass is 10.0. The molecule has 0 spiro atoms. The molecular formula is C16H17ClO. The molecule has 0 saturated heterocycles. The number of hydrogen-bond donors (Lipinski definition) is 0. The van der Waals surface area contributed by atoms with Gasteiger partial charge in [-0.15, -0.1) is 11.6 Å². The molecule has 2 aromatic carbocycles. The summed E-state index contributed by atoms with van der Waals surface area (Å²) in [6, 6.07) is 16.6. The molecule has 18 heavy (non-hydrogen) atoms. The maximum atomic E-state index is 5.65. The van der Waals surface area contributed by atoms with Crippen LogP contribution in [0.15, 0.2) is 48.5 Å². The lowest BCUT2D eigenvalue weighted by Gasteiger charge is -2.08. The summed E-state index contributed by atoms with van der Waals surface area (Å²) in [6.45, 7) is 2.77. The zero-order valence-electron chi connectivity index (χ0n) is 10.5. The van der Waals surface area contributed by atoms with Crippen molar-refractivity contribution in [2.75, 3.05) is 12.5 Å². The highest BCUT2D eigenvalue weighted by Gasteiger charge is 2.00. The molecule has 0 unspecified atom stereocenters. The standard InChI is InChI=1S/C16H17ClO/c1-13-5-2-6-14(11-13)15-7-3-8-16(12-15)18-10-4-9-17/h2-3,5-8,11-12H,4,9-10H2,1H3. The van der Waals surface area contributed by atoms with Crippen molar-refractivity contribution < 1.29 is 4.74 Å². The Kier molecular flexibility index (Phi) is 4.66. The van der Waals surface area contributed by atoms with Gasteiger partial charge in [0.15, 0.2) is 0 Å². The van der Waals surface area contributed by atoms with Gasteiger partial charge in [-0.2, -0.15) is 0 Å². The first-order chi connectivity index (χ1) is 8.79. The largest absolute Gasteiger partial charge is 0.494 e. The van der Waals surface area contributed by atoms with Crippen LogP contribution in [0, 0.1) is 6.92 Å². The van der Waals surface area contributed by atoms with E-state index in [2.05, 4.69) is 43.3 Å². The van der Waals surface area contributed by atoms with Crippen LogP contribution in [0.25, 0.3) is 11.1 Å². The number of aryl methyl sites for hydroxylation is 1. The number of rotatable bonds is 5. The number of ether oxygens (including phenoxy) is 1. The number of alkyl halides is 1. The summed E-state index contributed by atoms with van der Waals surface area (Å²) in [5.41, 5.74) is 3.67. The quantitative estimate of drug-likeness (QED) is 0.561. The molecule has 2 heteroatoms. The predicted octanol–water partition coefficient (Wildman–Crippen LogP) is 4.67. The fraction of sp³-hybridized carbons (Fsp3) is 0.250. The van der Waals surface area contributed by atoms with E-state index < -0.39 is 0 Å². The fourth-order valence-corrected chi connectivity index (χ4v) is 1.94. The molecule has 0 atom stereocenters. The van der Waals surface area contributed by atoms with Gasteiger partial charge in [0.05, 0.1) is 6.61 Å². The molecule has 0 aliphatic heterocycles. The van der Waals surface area contributed by atoms with E-state index in [0.29, 0.717) is 12.5 Å². The highest BCUT2D eigenvalue weighted by atomic mass is 35.5. The van der Waals surface area contributed by atoms with Gasteiger partial charge in [-0.25, -0.2) is 0 Å². The molecular weight excluding hydrogens is 244 g/mol. The summed E-state index contributed by atoms with van der Waals surface area (Å²) in [7, 11) is 0. The lowest BCUT2D eigenvalue weighted by molar-refractivity contribution is 0.318. The molecule has 1 nitrogen and oxygen atoms in total. The van der Waals surface area contributed by atoms with E-state index in [1.54, 1.807) is 0 Å². The van der Waals surface area contributed by atoms with Crippen molar-refractivity contribution >= 4 is 11.6 Å². The Labute approximate surface area is 113 Å². The smallest absolute Gasteiger partial charge is 0.119 e. The van der Waals surface area contributed by atoms with Gasteiger partial charge in [0.2, 0.25) is 0 Å². The van der Waals surface area contributed by atoms with Crippen LogP contribution in [-0.2, 0) is 0 Å². The first-order valence-electron chi connectivity index (χ1n) is 6.15. The lowest BCUT2D eigenvalue weighted by Crippen LogP contribution is -1.97. The van der Waals surface area contributed by atoms with E-state index in [0.717, 1.165) is 12.2 Å². The third-order valence-electron chi connectivity index (χ3n) is 2.73. The molecule has 94 valence electrons. The Morgan fingerprint density at radius 3 is 2.44 bits per heavy atom.